The summed E-state index contributed by atoms with van der Waals surface area (Å²) in [6.07, 6.45) is 0.949. The molecule has 1 amide bonds. The van der Waals surface area contributed by atoms with Crippen LogP contribution in [0.2, 0.25) is 0 Å². The van der Waals surface area contributed by atoms with Crippen LogP contribution in [-0.4, -0.2) is 18.1 Å². The van der Waals surface area contributed by atoms with E-state index in [9.17, 15) is 9.59 Å². The number of alkyl halides is 1. The smallest absolute Gasteiger partial charge is 0.225 e. The second-order valence-corrected chi connectivity index (χ2v) is 3.07. The highest BCUT2D eigenvalue weighted by Crippen LogP contribution is 2.12. The summed E-state index contributed by atoms with van der Waals surface area (Å²) in [6, 6.07) is 6.81. The van der Waals surface area contributed by atoms with E-state index in [0.717, 1.165) is 0 Å². The molecule has 0 bridgehead atoms. The molecular weight excluding hydrogens is 202 g/mol. The molecule has 0 spiro atoms. The maximum Gasteiger partial charge on any atom is 0.225 e. The van der Waals surface area contributed by atoms with Crippen molar-refractivity contribution in [2.45, 2.75) is 6.42 Å². The Labute approximate surface area is 87.1 Å². The fourth-order valence-corrected chi connectivity index (χ4v) is 1.18. The summed E-state index contributed by atoms with van der Waals surface area (Å²) in [7, 11) is 0. The Morgan fingerprint density at radius 2 is 2.14 bits per heavy atom. The number of halogens is 1. The van der Waals surface area contributed by atoms with Gasteiger partial charge in [-0.15, -0.1) is 11.6 Å². The first-order valence-electron chi connectivity index (χ1n) is 4.18. The van der Waals surface area contributed by atoms with E-state index < -0.39 is 0 Å². The summed E-state index contributed by atoms with van der Waals surface area (Å²) in [5.74, 6) is 0.0871. The number of anilines is 1. The Balaban J connectivity index is 2.75. The highest BCUT2D eigenvalue weighted by Gasteiger charge is 2.04. The maximum absolute atomic E-state index is 11.2. The number of amides is 1. The van der Waals surface area contributed by atoms with Crippen LogP contribution in [0.1, 0.15) is 16.8 Å². The summed E-state index contributed by atoms with van der Waals surface area (Å²) in [4.78, 5) is 21.8. The van der Waals surface area contributed by atoms with Gasteiger partial charge in [-0.05, 0) is 12.1 Å². The molecule has 0 radical (unpaired) electrons. The first-order valence-corrected chi connectivity index (χ1v) is 4.71. The van der Waals surface area contributed by atoms with Gasteiger partial charge in [0.15, 0.2) is 6.29 Å². The lowest BCUT2D eigenvalue weighted by Crippen LogP contribution is -2.12. The van der Waals surface area contributed by atoms with E-state index in [2.05, 4.69) is 5.32 Å². The molecule has 0 saturated heterocycles. The Morgan fingerprint density at radius 1 is 1.43 bits per heavy atom. The van der Waals surface area contributed by atoms with Crippen molar-refractivity contribution in [2.75, 3.05) is 11.2 Å². The molecule has 0 atom stereocenters. The molecular formula is C10H10ClNO2. The molecule has 0 aromatic heterocycles. The molecule has 0 unspecified atom stereocenters. The standard InChI is InChI=1S/C10H10ClNO2/c11-6-5-10(14)12-9-4-2-1-3-8(9)7-13/h1-4,7H,5-6H2,(H,12,14). The van der Waals surface area contributed by atoms with E-state index in [1.807, 2.05) is 0 Å². The lowest BCUT2D eigenvalue weighted by molar-refractivity contribution is -0.115. The predicted octanol–water partition coefficient (Wildman–Crippen LogP) is 2.07. The number of benzene rings is 1. The van der Waals surface area contributed by atoms with Gasteiger partial charge in [-0.3, -0.25) is 9.59 Å². The van der Waals surface area contributed by atoms with Gasteiger partial charge in [0.25, 0.3) is 0 Å². The minimum absolute atomic E-state index is 0.186. The van der Waals surface area contributed by atoms with E-state index in [-0.39, 0.29) is 18.2 Å². The number of para-hydroxylation sites is 1. The van der Waals surface area contributed by atoms with Crippen molar-refractivity contribution < 1.29 is 9.59 Å². The summed E-state index contributed by atoms with van der Waals surface area (Å²) < 4.78 is 0. The largest absolute Gasteiger partial charge is 0.325 e. The monoisotopic (exact) mass is 211 g/mol. The molecule has 0 aliphatic rings. The van der Waals surface area contributed by atoms with Gasteiger partial charge in [0.05, 0.1) is 5.69 Å². The van der Waals surface area contributed by atoms with Crippen molar-refractivity contribution >= 4 is 29.5 Å². The molecule has 0 fully saturated rings. The predicted molar refractivity (Wildman–Crippen MR) is 55.8 cm³/mol. The Kier molecular flexibility index (Phi) is 4.13. The van der Waals surface area contributed by atoms with Crippen LogP contribution in [0.4, 0.5) is 5.69 Å². The van der Waals surface area contributed by atoms with Crippen molar-refractivity contribution in [3.63, 3.8) is 0 Å². The van der Waals surface area contributed by atoms with Crippen LogP contribution in [-0.2, 0) is 4.79 Å². The van der Waals surface area contributed by atoms with E-state index >= 15 is 0 Å². The quantitative estimate of drug-likeness (QED) is 0.612. The van der Waals surface area contributed by atoms with Crippen LogP contribution >= 0.6 is 11.6 Å². The molecule has 3 nitrogen and oxygen atoms in total. The molecule has 74 valence electrons. The summed E-state index contributed by atoms with van der Waals surface area (Å²) >= 11 is 5.41. The van der Waals surface area contributed by atoms with Gasteiger partial charge in [0.1, 0.15) is 0 Å². The summed E-state index contributed by atoms with van der Waals surface area (Å²) in [5, 5.41) is 2.61. The highest BCUT2D eigenvalue weighted by atomic mass is 35.5. The van der Waals surface area contributed by atoms with Crippen molar-refractivity contribution in [3.05, 3.63) is 29.8 Å². The zero-order chi connectivity index (χ0) is 10.4. The first kappa shape index (κ1) is 10.7. The van der Waals surface area contributed by atoms with Crippen molar-refractivity contribution in [1.82, 2.24) is 0 Å². The highest BCUT2D eigenvalue weighted by molar-refractivity contribution is 6.19. The Bertz CT molecular complexity index is 339. The van der Waals surface area contributed by atoms with Gasteiger partial charge < -0.3 is 5.32 Å². The van der Waals surface area contributed by atoms with E-state index in [4.69, 9.17) is 11.6 Å². The lowest BCUT2D eigenvalue weighted by atomic mass is 10.2. The van der Waals surface area contributed by atoms with Crippen molar-refractivity contribution in [1.29, 1.82) is 0 Å². The van der Waals surface area contributed by atoms with Crippen LogP contribution in [0.25, 0.3) is 0 Å². The number of carbonyl (C=O) groups is 2. The SMILES string of the molecule is O=Cc1ccccc1NC(=O)CCCl. The molecule has 14 heavy (non-hydrogen) atoms. The van der Waals surface area contributed by atoms with Gasteiger partial charge in [-0.1, -0.05) is 12.1 Å². The third kappa shape index (κ3) is 2.85. The maximum atomic E-state index is 11.2. The van der Waals surface area contributed by atoms with E-state index in [1.165, 1.54) is 0 Å². The molecule has 0 saturated carbocycles. The third-order valence-corrected chi connectivity index (χ3v) is 1.87. The number of nitrogens with one attached hydrogen (secondary N) is 1. The van der Waals surface area contributed by atoms with Gasteiger partial charge in [-0.2, -0.15) is 0 Å². The first-order chi connectivity index (χ1) is 6.77. The minimum atomic E-state index is -0.186. The van der Waals surface area contributed by atoms with Gasteiger partial charge >= 0.3 is 0 Å². The fourth-order valence-electron chi connectivity index (χ4n) is 1.01. The van der Waals surface area contributed by atoms with Crippen molar-refractivity contribution in [3.8, 4) is 0 Å². The average Bonchev–Trinajstić information content (AvgIpc) is 2.19. The molecule has 1 N–H and O–H groups in total. The summed E-state index contributed by atoms with van der Waals surface area (Å²) in [5.41, 5.74) is 0.994. The summed E-state index contributed by atoms with van der Waals surface area (Å²) in [6.45, 7) is 0. The van der Waals surface area contributed by atoms with Crippen LogP contribution in [0.5, 0.6) is 0 Å². The van der Waals surface area contributed by atoms with Gasteiger partial charge in [-0.25, -0.2) is 0 Å². The number of carbonyl (C=O) groups excluding carboxylic acids is 2. The number of hydrogen-bond donors (Lipinski definition) is 1. The molecule has 1 aromatic carbocycles. The second-order valence-electron chi connectivity index (χ2n) is 2.69. The van der Waals surface area contributed by atoms with Crippen LogP contribution in [0, 0.1) is 0 Å². The topological polar surface area (TPSA) is 46.2 Å². The third-order valence-electron chi connectivity index (χ3n) is 1.68. The number of rotatable bonds is 4. The zero-order valence-corrected chi connectivity index (χ0v) is 8.25. The fraction of sp³-hybridized carbons (Fsp3) is 0.200. The lowest BCUT2D eigenvalue weighted by Gasteiger charge is -2.05. The molecule has 1 rings (SSSR count). The molecule has 0 aliphatic heterocycles. The number of hydrogen-bond acceptors (Lipinski definition) is 2. The molecule has 0 heterocycles. The molecule has 4 heteroatoms. The Morgan fingerprint density at radius 3 is 2.79 bits per heavy atom. The molecule has 0 aliphatic carbocycles. The van der Waals surface area contributed by atoms with E-state index in [0.29, 0.717) is 17.5 Å². The van der Waals surface area contributed by atoms with Crippen LogP contribution in [0.15, 0.2) is 24.3 Å². The Hall–Kier alpha value is -1.35. The van der Waals surface area contributed by atoms with Gasteiger partial charge in [0, 0.05) is 17.9 Å². The van der Waals surface area contributed by atoms with Crippen LogP contribution < -0.4 is 5.32 Å². The minimum Gasteiger partial charge on any atom is -0.325 e. The average molecular weight is 212 g/mol. The second kappa shape index (κ2) is 5.40. The van der Waals surface area contributed by atoms with E-state index in [1.54, 1.807) is 24.3 Å². The zero-order valence-electron chi connectivity index (χ0n) is 7.50. The molecule has 1 aromatic rings. The van der Waals surface area contributed by atoms with Gasteiger partial charge in [0.2, 0.25) is 5.91 Å². The number of aldehydes is 1. The van der Waals surface area contributed by atoms with Crippen molar-refractivity contribution in [2.24, 2.45) is 0 Å². The normalized spacial score (nSPS) is 9.50. The van der Waals surface area contributed by atoms with Crippen LogP contribution in [0.3, 0.4) is 0 Å².